The maximum atomic E-state index is 13.7. The number of aromatic nitrogens is 2. The Balaban J connectivity index is 1.92. The molecule has 0 radical (unpaired) electrons. The van der Waals surface area contributed by atoms with Crippen molar-refractivity contribution < 1.29 is 23.2 Å². The van der Waals surface area contributed by atoms with Crippen molar-refractivity contribution in [1.29, 1.82) is 0 Å². The van der Waals surface area contributed by atoms with Crippen LogP contribution >= 0.6 is 15.9 Å². The van der Waals surface area contributed by atoms with Gasteiger partial charge in [-0.3, -0.25) is 4.79 Å². The monoisotopic (exact) mass is 521 g/mol. The quantitative estimate of drug-likeness (QED) is 0.0892. The molecule has 1 aliphatic rings. The predicted octanol–water partition coefficient (Wildman–Crippen LogP) is -1.89. The van der Waals surface area contributed by atoms with Gasteiger partial charge in [-0.15, -0.1) is 0 Å². The van der Waals surface area contributed by atoms with E-state index < -0.39 is 26.1 Å². The Morgan fingerprint density at radius 3 is 2.66 bits per heavy atom. The van der Waals surface area contributed by atoms with Crippen LogP contribution in [0.5, 0.6) is 0 Å². The number of oxime groups is 1. The first-order chi connectivity index (χ1) is 15.0. The molecule has 2 aromatic rings. The normalized spacial score (nSPS) is 22.2. The Labute approximate surface area is 200 Å². The summed E-state index contributed by atoms with van der Waals surface area (Å²) in [5.74, 6) is 0.00276. The second kappa shape index (κ2) is 9.52. The molecule has 0 saturated carbocycles. The first kappa shape index (κ1) is 24.7. The summed E-state index contributed by atoms with van der Waals surface area (Å²) in [6, 6.07) is 4.33. The van der Waals surface area contributed by atoms with Crippen LogP contribution in [0, 0.1) is 5.82 Å². The number of hydrogen-bond acceptors (Lipinski definition) is 8. The standard InChI is InChI=1S/C16H21B4BrFN5O4S/c1-27(9-2-3-11(22)10(21)4-9)14(26-30-7-28)12-13(25-31-24-12)23-8-5-15(17,18)32(29)16(19,20)6-8/h2-4,7-8H,5-6,17-20H2,1H3,(H,23,25)/b26-14-. The molecule has 9 nitrogen and oxygen atoms in total. The third-order valence-corrected chi connectivity index (χ3v) is 8.26. The highest BCUT2D eigenvalue weighted by Crippen LogP contribution is 2.36. The molecule has 1 saturated heterocycles. The van der Waals surface area contributed by atoms with Gasteiger partial charge in [0.2, 0.25) is 11.7 Å². The summed E-state index contributed by atoms with van der Waals surface area (Å²) in [6.07, 6.45) is 1.29. The first-order valence-corrected chi connectivity index (χ1v) is 11.8. The number of hydrogen-bond donors (Lipinski definition) is 1. The lowest BCUT2D eigenvalue weighted by molar-refractivity contribution is -0.128. The van der Waals surface area contributed by atoms with Crippen LogP contribution < -0.4 is 10.2 Å². The van der Waals surface area contributed by atoms with Crippen LogP contribution in [0.15, 0.2) is 32.5 Å². The number of amidine groups is 1. The molecule has 32 heavy (non-hydrogen) atoms. The zero-order chi connectivity index (χ0) is 23.7. The minimum absolute atomic E-state index is 0.0538. The van der Waals surface area contributed by atoms with Crippen molar-refractivity contribution in [2.75, 3.05) is 17.3 Å². The van der Waals surface area contributed by atoms with Gasteiger partial charge in [-0.25, -0.2) is 9.02 Å². The number of carbonyl (C=O) groups excluding carboxylic acids is 1. The second-order valence-corrected chi connectivity index (χ2v) is 12.4. The highest BCUT2D eigenvalue weighted by molar-refractivity contribution is 9.10. The first-order valence-electron chi connectivity index (χ1n) is 9.84. The Morgan fingerprint density at radius 1 is 1.41 bits per heavy atom. The lowest BCUT2D eigenvalue weighted by Gasteiger charge is -2.48. The smallest absolute Gasteiger partial charge is 0.323 e. The van der Waals surface area contributed by atoms with E-state index in [0.717, 1.165) is 0 Å². The van der Waals surface area contributed by atoms with Crippen LogP contribution in [-0.4, -0.2) is 80.7 Å². The van der Waals surface area contributed by atoms with Crippen molar-refractivity contribution in [3.8, 4) is 0 Å². The molecule has 1 aromatic heterocycles. The molecule has 3 rings (SSSR count). The molecule has 1 fully saturated rings. The van der Waals surface area contributed by atoms with E-state index in [0.29, 0.717) is 24.3 Å². The van der Waals surface area contributed by atoms with Gasteiger partial charge in [0.15, 0.2) is 37.1 Å². The number of nitrogens with zero attached hydrogens (tertiary/aromatic N) is 4. The van der Waals surface area contributed by atoms with E-state index in [2.05, 4.69) is 41.6 Å². The molecule has 0 unspecified atom stereocenters. The maximum absolute atomic E-state index is 13.7. The van der Waals surface area contributed by atoms with E-state index in [1.807, 2.05) is 31.4 Å². The molecule has 166 valence electrons. The molecule has 2 heterocycles. The average Bonchev–Trinajstić information content (AvgIpc) is 3.15. The molecule has 0 atom stereocenters. The number of benzene rings is 1. The zero-order valence-electron chi connectivity index (χ0n) is 18.4. The Hall–Kier alpha value is -1.92. The summed E-state index contributed by atoms with van der Waals surface area (Å²) in [5, 5.41) is 15.1. The number of halogens is 2. The number of carbonyl (C=O) groups is 1. The molecule has 16 heteroatoms. The fraction of sp³-hybridized carbons (Fsp3) is 0.375. The van der Waals surface area contributed by atoms with Crippen LogP contribution in [0.25, 0.3) is 0 Å². The minimum Gasteiger partial charge on any atom is -0.618 e. The van der Waals surface area contributed by atoms with Crippen molar-refractivity contribution >= 4 is 82.3 Å². The maximum Gasteiger partial charge on any atom is 0.323 e. The topological polar surface area (TPSA) is 116 Å². The fourth-order valence-corrected chi connectivity index (χ4v) is 6.60. The van der Waals surface area contributed by atoms with Gasteiger partial charge >= 0.3 is 6.47 Å². The lowest BCUT2D eigenvalue weighted by atomic mass is 9.60. The zero-order valence-corrected chi connectivity index (χ0v) is 20.8. The van der Waals surface area contributed by atoms with E-state index in [4.69, 9.17) is 4.63 Å². The molecular formula is C16H21B4BrFN5O4S. The van der Waals surface area contributed by atoms with E-state index in [-0.39, 0.29) is 28.5 Å². The van der Waals surface area contributed by atoms with E-state index in [9.17, 15) is 13.7 Å². The molecule has 0 bridgehead atoms. The van der Waals surface area contributed by atoms with Gasteiger partial charge in [0, 0.05) is 31.6 Å². The van der Waals surface area contributed by atoms with E-state index >= 15 is 0 Å². The van der Waals surface area contributed by atoms with Gasteiger partial charge in [-0.1, -0.05) is 16.3 Å². The third-order valence-electron chi connectivity index (χ3n) is 5.31. The predicted molar refractivity (Wildman–Crippen MR) is 135 cm³/mol. The van der Waals surface area contributed by atoms with Crippen molar-refractivity contribution in [1.82, 2.24) is 10.3 Å². The van der Waals surface area contributed by atoms with Crippen LogP contribution in [0.1, 0.15) is 18.5 Å². The van der Waals surface area contributed by atoms with Gasteiger partial charge < -0.3 is 19.6 Å². The van der Waals surface area contributed by atoms with Crippen molar-refractivity contribution in [3.05, 3.63) is 34.2 Å². The Bertz CT molecular complexity index is 1010. The van der Waals surface area contributed by atoms with Gasteiger partial charge in [0.1, 0.15) is 5.82 Å². The SMILES string of the molecule is BC1(B)CC(Nc2nonc2/C(=N/OC=O)N(C)c2ccc(F)c(Br)c2)CC(B)(B)[S+]1[O-]. The molecular weight excluding hydrogens is 500 g/mol. The minimum atomic E-state index is -1.01. The molecule has 1 aromatic carbocycles. The molecule has 1 aliphatic heterocycles. The lowest BCUT2D eigenvalue weighted by Crippen LogP contribution is -2.62. The van der Waals surface area contributed by atoms with E-state index in [1.165, 1.54) is 6.07 Å². The van der Waals surface area contributed by atoms with Crippen LogP contribution in [-0.2, 0) is 20.8 Å². The van der Waals surface area contributed by atoms with Crippen molar-refractivity contribution in [2.45, 2.75) is 28.0 Å². The third kappa shape index (κ3) is 5.17. The van der Waals surface area contributed by atoms with Gasteiger partial charge in [0.05, 0.1) is 13.6 Å². The summed E-state index contributed by atoms with van der Waals surface area (Å²) in [6.45, 7) is 0.177. The van der Waals surface area contributed by atoms with Crippen molar-refractivity contribution in [3.63, 3.8) is 0 Å². The number of rotatable bonds is 6. The average molecular weight is 522 g/mol. The number of anilines is 2. The van der Waals surface area contributed by atoms with Crippen molar-refractivity contribution in [2.24, 2.45) is 5.16 Å². The van der Waals surface area contributed by atoms with Gasteiger partial charge in [0.25, 0.3) is 0 Å². The van der Waals surface area contributed by atoms with E-state index in [1.54, 1.807) is 24.1 Å². The Morgan fingerprint density at radius 2 is 2.06 bits per heavy atom. The summed E-state index contributed by atoms with van der Waals surface area (Å²) in [4.78, 5) is 17.0. The summed E-state index contributed by atoms with van der Waals surface area (Å²) in [7, 11) is 9.57. The van der Waals surface area contributed by atoms with Crippen LogP contribution in [0.2, 0.25) is 0 Å². The second-order valence-electron chi connectivity index (χ2n) is 8.77. The largest absolute Gasteiger partial charge is 0.618 e. The van der Waals surface area contributed by atoms with Gasteiger partial charge in [-0.05, 0) is 44.4 Å². The number of nitrogens with one attached hydrogen (secondary N) is 1. The highest BCUT2D eigenvalue weighted by Gasteiger charge is 2.49. The molecule has 0 amide bonds. The fourth-order valence-electron chi connectivity index (χ4n) is 4.03. The summed E-state index contributed by atoms with van der Waals surface area (Å²) in [5.41, 5.74) is 0.757. The molecule has 0 aliphatic carbocycles. The summed E-state index contributed by atoms with van der Waals surface area (Å²) < 4.78 is 30.9. The molecule has 0 spiro atoms. The Kier molecular flexibility index (Phi) is 7.35. The van der Waals surface area contributed by atoms with Gasteiger partial charge in [-0.2, -0.15) is 0 Å². The molecule has 1 N–H and O–H groups in total. The van der Waals surface area contributed by atoms with Crippen LogP contribution in [0.3, 0.4) is 0 Å². The summed E-state index contributed by atoms with van der Waals surface area (Å²) >= 11 is 2.15. The highest BCUT2D eigenvalue weighted by atomic mass is 79.9. The van der Waals surface area contributed by atoms with Crippen LogP contribution in [0.4, 0.5) is 15.9 Å².